The molecule has 0 aliphatic heterocycles. The molecule has 0 saturated heterocycles. The minimum absolute atomic E-state index is 0.0475. The number of sulfonamides is 1. The zero-order valence-electron chi connectivity index (χ0n) is 17.6. The van der Waals surface area contributed by atoms with E-state index in [4.69, 9.17) is 4.74 Å². The molecule has 0 aliphatic rings. The Morgan fingerprint density at radius 3 is 2.33 bits per heavy atom. The number of methoxy groups -OCH3 is 1. The van der Waals surface area contributed by atoms with Gasteiger partial charge in [0.25, 0.3) is 5.91 Å². The number of likely N-dealkylation sites (N-methyl/N-ethyl adjacent to an activating group) is 1. The first-order valence-electron chi connectivity index (χ1n) is 9.52. The lowest BCUT2D eigenvalue weighted by Crippen LogP contribution is -2.35. The summed E-state index contributed by atoms with van der Waals surface area (Å²) in [5, 5.41) is 2.70. The third-order valence-corrected chi connectivity index (χ3v) is 6.55. The van der Waals surface area contributed by atoms with Crippen molar-refractivity contribution >= 4 is 27.5 Å². The van der Waals surface area contributed by atoms with Gasteiger partial charge in [-0.1, -0.05) is 26.0 Å². The molecule has 0 fully saturated rings. The van der Waals surface area contributed by atoms with Gasteiger partial charge >= 0.3 is 0 Å². The molecule has 0 aromatic heterocycles. The molecule has 2 rings (SSSR count). The molecule has 0 unspecified atom stereocenters. The molecule has 9 heteroatoms. The minimum atomic E-state index is -3.68. The number of hydrogen-bond acceptors (Lipinski definition) is 5. The van der Waals surface area contributed by atoms with Crippen LogP contribution in [0.15, 0.2) is 53.4 Å². The second kappa shape index (κ2) is 10.2. The Kier molecular flexibility index (Phi) is 7.96. The second-order valence-corrected chi connectivity index (χ2v) is 8.50. The standard InChI is InChI=1S/C21H27N3O5S/c1-5-24(6-2)30(27,28)19-12-7-9-16(13-19)21(26)23(3)15-20(25)22-17-10-8-11-18(14-17)29-4/h7-14H,5-6,15H2,1-4H3,(H,22,25). The Morgan fingerprint density at radius 1 is 1.03 bits per heavy atom. The molecule has 0 aliphatic carbocycles. The number of ether oxygens (including phenoxy) is 1. The largest absolute Gasteiger partial charge is 0.497 e. The molecule has 2 aromatic carbocycles. The van der Waals surface area contributed by atoms with Gasteiger partial charge in [-0.05, 0) is 30.3 Å². The van der Waals surface area contributed by atoms with Crippen LogP contribution in [0.4, 0.5) is 5.69 Å². The molecule has 0 atom stereocenters. The van der Waals surface area contributed by atoms with Crippen LogP contribution in [-0.4, -0.2) is 63.2 Å². The van der Waals surface area contributed by atoms with Gasteiger partial charge in [0.15, 0.2) is 0 Å². The van der Waals surface area contributed by atoms with Gasteiger partial charge < -0.3 is 15.0 Å². The molecular formula is C21H27N3O5S. The summed E-state index contributed by atoms with van der Waals surface area (Å²) < 4.78 is 31.8. The normalized spacial score (nSPS) is 11.2. The fourth-order valence-corrected chi connectivity index (χ4v) is 4.42. The van der Waals surface area contributed by atoms with Crippen LogP contribution in [0.25, 0.3) is 0 Å². The number of anilines is 1. The summed E-state index contributed by atoms with van der Waals surface area (Å²) >= 11 is 0. The van der Waals surface area contributed by atoms with Crippen molar-refractivity contribution in [3.05, 3.63) is 54.1 Å². The number of nitrogens with zero attached hydrogens (tertiary/aromatic N) is 2. The van der Waals surface area contributed by atoms with E-state index in [0.29, 0.717) is 24.5 Å². The third kappa shape index (κ3) is 5.58. The third-order valence-electron chi connectivity index (χ3n) is 4.51. The van der Waals surface area contributed by atoms with Gasteiger partial charge in [0, 0.05) is 37.5 Å². The summed E-state index contributed by atoms with van der Waals surface area (Å²) in [7, 11) is -0.667. The van der Waals surface area contributed by atoms with Gasteiger partial charge in [-0.2, -0.15) is 4.31 Å². The molecule has 0 radical (unpaired) electrons. The molecule has 30 heavy (non-hydrogen) atoms. The highest BCUT2D eigenvalue weighted by Crippen LogP contribution is 2.19. The topological polar surface area (TPSA) is 96.0 Å². The van der Waals surface area contributed by atoms with Gasteiger partial charge in [0.05, 0.1) is 18.6 Å². The van der Waals surface area contributed by atoms with E-state index in [1.807, 2.05) is 0 Å². The van der Waals surface area contributed by atoms with Crippen molar-refractivity contribution in [1.29, 1.82) is 0 Å². The monoisotopic (exact) mass is 433 g/mol. The summed E-state index contributed by atoms with van der Waals surface area (Å²) in [6.07, 6.45) is 0. The molecular weight excluding hydrogens is 406 g/mol. The van der Waals surface area contributed by atoms with Crippen LogP contribution < -0.4 is 10.1 Å². The zero-order valence-corrected chi connectivity index (χ0v) is 18.4. The molecule has 8 nitrogen and oxygen atoms in total. The van der Waals surface area contributed by atoms with E-state index in [1.165, 1.54) is 47.6 Å². The number of carbonyl (C=O) groups excluding carboxylic acids is 2. The van der Waals surface area contributed by atoms with Gasteiger partial charge in [-0.3, -0.25) is 9.59 Å². The van der Waals surface area contributed by atoms with Crippen molar-refractivity contribution < 1.29 is 22.7 Å². The maximum atomic E-state index is 12.7. The van der Waals surface area contributed by atoms with Crippen LogP contribution in [0.3, 0.4) is 0 Å². The minimum Gasteiger partial charge on any atom is -0.497 e. The fourth-order valence-electron chi connectivity index (χ4n) is 2.91. The van der Waals surface area contributed by atoms with E-state index in [1.54, 1.807) is 38.1 Å². The van der Waals surface area contributed by atoms with Crippen LogP contribution in [0.2, 0.25) is 0 Å². The average Bonchev–Trinajstić information content (AvgIpc) is 2.74. The van der Waals surface area contributed by atoms with Crippen LogP contribution in [0, 0.1) is 0 Å². The highest BCUT2D eigenvalue weighted by Gasteiger charge is 2.23. The summed E-state index contributed by atoms with van der Waals surface area (Å²) in [4.78, 5) is 26.3. The van der Waals surface area contributed by atoms with Crippen molar-refractivity contribution in [1.82, 2.24) is 9.21 Å². The summed E-state index contributed by atoms with van der Waals surface area (Å²) in [5.41, 5.74) is 0.743. The lowest BCUT2D eigenvalue weighted by molar-refractivity contribution is -0.116. The van der Waals surface area contributed by atoms with Crippen LogP contribution in [0.1, 0.15) is 24.2 Å². The van der Waals surface area contributed by atoms with Gasteiger partial charge in [0.1, 0.15) is 5.75 Å². The maximum Gasteiger partial charge on any atom is 0.254 e. The van der Waals surface area contributed by atoms with E-state index in [0.717, 1.165) is 0 Å². The smallest absolute Gasteiger partial charge is 0.254 e. The molecule has 0 bridgehead atoms. The van der Waals surface area contributed by atoms with Crippen molar-refractivity contribution in [2.75, 3.05) is 39.1 Å². The van der Waals surface area contributed by atoms with Crippen molar-refractivity contribution in [3.63, 3.8) is 0 Å². The van der Waals surface area contributed by atoms with Gasteiger partial charge in [-0.15, -0.1) is 0 Å². The quantitative estimate of drug-likeness (QED) is 0.655. The number of nitrogens with one attached hydrogen (secondary N) is 1. The lowest BCUT2D eigenvalue weighted by atomic mass is 10.2. The number of hydrogen-bond donors (Lipinski definition) is 1. The predicted octanol–water partition coefficient (Wildman–Crippen LogP) is 2.44. The molecule has 2 amide bonds. The number of amides is 2. The Bertz CT molecular complexity index is 1000. The molecule has 0 saturated carbocycles. The van der Waals surface area contributed by atoms with E-state index in [9.17, 15) is 18.0 Å². The van der Waals surface area contributed by atoms with Crippen LogP contribution >= 0.6 is 0 Å². The Labute approximate surface area is 177 Å². The van der Waals surface area contributed by atoms with E-state index in [2.05, 4.69) is 5.32 Å². The number of carbonyl (C=O) groups is 2. The van der Waals surface area contributed by atoms with Crippen molar-refractivity contribution in [3.8, 4) is 5.75 Å². The van der Waals surface area contributed by atoms with E-state index < -0.39 is 15.9 Å². The summed E-state index contributed by atoms with van der Waals surface area (Å²) in [6, 6.07) is 12.7. The first-order valence-corrected chi connectivity index (χ1v) is 11.0. The van der Waals surface area contributed by atoms with Gasteiger partial charge in [0.2, 0.25) is 15.9 Å². The molecule has 162 valence electrons. The molecule has 0 heterocycles. The van der Waals surface area contributed by atoms with Crippen molar-refractivity contribution in [2.45, 2.75) is 18.7 Å². The molecule has 0 spiro atoms. The summed E-state index contributed by atoms with van der Waals surface area (Å²) in [6.45, 7) is 3.99. The van der Waals surface area contributed by atoms with Crippen LogP contribution in [0.5, 0.6) is 5.75 Å². The number of benzene rings is 2. The van der Waals surface area contributed by atoms with E-state index in [-0.39, 0.29) is 22.9 Å². The number of rotatable bonds is 9. The highest BCUT2D eigenvalue weighted by molar-refractivity contribution is 7.89. The zero-order chi connectivity index (χ0) is 22.3. The lowest BCUT2D eigenvalue weighted by Gasteiger charge is -2.20. The Hall–Kier alpha value is -2.91. The Balaban J connectivity index is 2.11. The summed E-state index contributed by atoms with van der Waals surface area (Å²) in [5.74, 6) is -0.234. The van der Waals surface area contributed by atoms with E-state index >= 15 is 0 Å². The highest BCUT2D eigenvalue weighted by atomic mass is 32.2. The SMILES string of the molecule is CCN(CC)S(=O)(=O)c1cccc(C(=O)N(C)CC(=O)Nc2cccc(OC)c2)c1. The molecule has 1 N–H and O–H groups in total. The fraction of sp³-hybridized carbons (Fsp3) is 0.333. The average molecular weight is 434 g/mol. The Morgan fingerprint density at radius 2 is 1.70 bits per heavy atom. The van der Waals surface area contributed by atoms with Gasteiger partial charge in [-0.25, -0.2) is 8.42 Å². The predicted molar refractivity (Wildman–Crippen MR) is 115 cm³/mol. The first-order chi connectivity index (χ1) is 14.2. The first kappa shape index (κ1) is 23.4. The second-order valence-electron chi connectivity index (χ2n) is 6.56. The maximum absolute atomic E-state index is 12.7. The van der Waals surface area contributed by atoms with Crippen LogP contribution in [-0.2, 0) is 14.8 Å². The molecule has 2 aromatic rings. The van der Waals surface area contributed by atoms with Crippen molar-refractivity contribution in [2.24, 2.45) is 0 Å².